The summed E-state index contributed by atoms with van der Waals surface area (Å²) < 4.78 is 79.7. The van der Waals surface area contributed by atoms with Gasteiger partial charge >= 0.3 is 12.4 Å². The molecule has 0 saturated carbocycles. The van der Waals surface area contributed by atoms with Crippen molar-refractivity contribution in [3.05, 3.63) is 46.5 Å². The second-order valence-electron chi connectivity index (χ2n) is 8.05. The van der Waals surface area contributed by atoms with Crippen LogP contribution in [-0.4, -0.2) is 38.6 Å². The number of nitrogens with zero attached hydrogens (tertiary/aromatic N) is 5. The van der Waals surface area contributed by atoms with Crippen LogP contribution in [0.4, 0.5) is 37.7 Å². The van der Waals surface area contributed by atoms with E-state index in [2.05, 4.69) is 20.4 Å². The molecule has 0 radical (unpaired) electrons. The van der Waals surface area contributed by atoms with Crippen LogP contribution in [0.1, 0.15) is 41.2 Å². The fourth-order valence-corrected chi connectivity index (χ4v) is 3.99. The van der Waals surface area contributed by atoms with E-state index in [1.165, 1.54) is 19.9 Å². The van der Waals surface area contributed by atoms with Crippen LogP contribution in [0.3, 0.4) is 0 Å². The Labute approximate surface area is 189 Å². The van der Waals surface area contributed by atoms with Crippen LogP contribution in [-0.2, 0) is 23.6 Å². The number of carbonyl (C=O) groups excluding carboxylic acids is 1. The molecule has 3 heterocycles. The van der Waals surface area contributed by atoms with Gasteiger partial charge in [0.05, 0.1) is 23.4 Å². The van der Waals surface area contributed by atoms with Gasteiger partial charge in [-0.25, -0.2) is 9.50 Å². The predicted octanol–water partition coefficient (Wildman–Crippen LogP) is 4.56. The standard InChI is InChI=1S/C21H20F6N6O/c1-11-14(12(2)33-19(28-11)30-18(31-33)21(25,26)27)10-17(34)29-15-9-13(20(22,23)24)5-6-16(15)32-7-3-4-8-32/h5-6,9H,3-4,7-8,10H2,1-2H3,(H,29,34). The molecule has 3 aromatic rings. The SMILES string of the molecule is Cc1nc2nc(C(F)(F)F)nn2c(C)c1CC(=O)Nc1cc(C(F)(F)F)ccc1N1CCCC1. The Hall–Kier alpha value is -3.38. The minimum Gasteiger partial charge on any atom is -0.370 e. The first kappa shape index (κ1) is 23.8. The van der Waals surface area contributed by atoms with Gasteiger partial charge in [0.15, 0.2) is 0 Å². The summed E-state index contributed by atoms with van der Waals surface area (Å²) >= 11 is 0. The van der Waals surface area contributed by atoms with Crippen LogP contribution in [0.5, 0.6) is 0 Å². The molecular weight excluding hydrogens is 466 g/mol. The Morgan fingerprint density at radius 2 is 1.71 bits per heavy atom. The van der Waals surface area contributed by atoms with Crippen LogP contribution in [0.15, 0.2) is 18.2 Å². The lowest BCUT2D eigenvalue weighted by Gasteiger charge is -2.23. The van der Waals surface area contributed by atoms with Crippen LogP contribution >= 0.6 is 0 Å². The van der Waals surface area contributed by atoms with E-state index in [9.17, 15) is 31.1 Å². The highest BCUT2D eigenvalue weighted by Gasteiger charge is 2.37. The van der Waals surface area contributed by atoms with Crippen molar-refractivity contribution in [2.45, 2.75) is 45.5 Å². The number of hydrogen-bond donors (Lipinski definition) is 1. The number of nitrogens with one attached hydrogen (secondary N) is 1. The second-order valence-corrected chi connectivity index (χ2v) is 8.05. The number of aromatic nitrogens is 4. The van der Waals surface area contributed by atoms with E-state index in [1.807, 2.05) is 4.90 Å². The molecule has 1 saturated heterocycles. The van der Waals surface area contributed by atoms with Gasteiger partial charge in [-0.3, -0.25) is 4.79 Å². The van der Waals surface area contributed by atoms with E-state index < -0.39 is 29.6 Å². The van der Waals surface area contributed by atoms with Gasteiger partial charge in [-0.05, 0) is 44.9 Å². The first-order valence-corrected chi connectivity index (χ1v) is 10.4. The minimum atomic E-state index is -4.76. The topological polar surface area (TPSA) is 75.4 Å². The third-order valence-corrected chi connectivity index (χ3v) is 5.68. The molecule has 1 N–H and O–H groups in total. The van der Waals surface area contributed by atoms with Crippen molar-refractivity contribution in [2.75, 3.05) is 23.3 Å². The van der Waals surface area contributed by atoms with Crippen LogP contribution in [0.25, 0.3) is 5.78 Å². The molecule has 34 heavy (non-hydrogen) atoms. The number of hydrogen-bond acceptors (Lipinski definition) is 5. The lowest BCUT2D eigenvalue weighted by Crippen LogP contribution is -2.23. The van der Waals surface area contributed by atoms with Gasteiger partial charge in [-0.1, -0.05) is 0 Å². The third kappa shape index (κ3) is 4.64. The summed E-state index contributed by atoms with van der Waals surface area (Å²) in [4.78, 5) is 22.1. The van der Waals surface area contributed by atoms with Gasteiger partial charge in [-0.15, -0.1) is 5.10 Å². The molecular formula is C21H20F6N6O. The summed E-state index contributed by atoms with van der Waals surface area (Å²) in [7, 11) is 0. The highest BCUT2D eigenvalue weighted by atomic mass is 19.4. The van der Waals surface area contributed by atoms with Crippen LogP contribution in [0, 0.1) is 13.8 Å². The fourth-order valence-electron chi connectivity index (χ4n) is 3.99. The molecule has 1 aliphatic rings. The molecule has 1 amide bonds. The highest BCUT2D eigenvalue weighted by Crippen LogP contribution is 2.36. The zero-order chi connectivity index (χ0) is 24.8. The average molecular weight is 486 g/mol. The number of fused-ring (bicyclic) bond motifs is 1. The summed E-state index contributed by atoms with van der Waals surface area (Å²) in [6.07, 6.45) is -7.90. The molecule has 0 bridgehead atoms. The van der Waals surface area contributed by atoms with Gasteiger partial charge in [0.25, 0.3) is 11.6 Å². The van der Waals surface area contributed by atoms with Crippen LogP contribution in [0.2, 0.25) is 0 Å². The molecule has 0 atom stereocenters. The first-order valence-electron chi connectivity index (χ1n) is 10.4. The first-order chi connectivity index (χ1) is 15.8. The monoisotopic (exact) mass is 486 g/mol. The fraction of sp³-hybridized carbons (Fsp3) is 0.429. The minimum absolute atomic E-state index is 0.0196. The Bertz CT molecular complexity index is 1240. The normalized spacial score (nSPS) is 14.8. The quantitative estimate of drug-likeness (QED) is 0.548. The smallest absolute Gasteiger partial charge is 0.370 e. The van der Waals surface area contributed by atoms with Crippen molar-refractivity contribution in [1.82, 2.24) is 19.6 Å². The molecule has 4 rings (SSSR count). The van der Waals surface area contributed by atoms with Crippen molar-refractivity contribution >= 4 is 23.1 Å². The van der Waals surface area contributed by atoms with Crippen molar-refractivity contribution in [3.63, 3.8) is 0 Å². The number of aryl methyl sites for hydroxylation is 2. The van der Waals surface area contributed by atoms with E-state index in [1.54, 1.807) is 0 Å². The molecule has 0 spiro atoms. The maximum atomic E-state index is 13.3. The van der Waals surface area contributed by atoms with E-state index in [-0.39, 0.29) is 29.3 Å². The Morgan fingerprint density at radius 1 is 1.03 bits per heavy atom. The zero-order valence-corrected chi connectivity index (χ0v) is 18.2. The Balaban J connectivity index is 1.65. The summed E-state index contributed by atoms with van der Waals surface area (Å²) in [5.74, 6) is -2.26. The van der Waals surface area contributed by atoms with Crippen molar-refractivity contribution in [1.29, 1.82) is 0 Å². The number of benzene rings is 1. The largest absolute Gasteiger partial charge is 0.453 e. The molecule has 1 aliphatic heterocycles. The van der Waals surface area contributed by atoms with Crippen molar-refractivity contribution in [3.8, 4) is 0 Å². The van der Waals surface area contributed by atoms with Crippen LogP contribution < -0.4 is 10.2 Å². The highest BCUT2D eigenvalue weighted by molar-refractivity contribution is 5.96. The summed E-state index contributed by atoms with van der Waals surface area (Å²) in [6.45, 7) is 4.29. The van der Waals surface area contributed by atoms with Gasteiger partial charge in [0.2, 0.25) is 5.91 Å². The van der Waals surface area contributed by atoms with E-state index in [4.69, 9.17) is 0 Å². The number of carbonyl (C=O) groups is 1. The zero-order valence-electron chi connectivity index (χ0n) is 18.2. The van der Waals surface area contributed by atoms with Gasteiger partial charge < -0.3 is 10.2 Å². The number of amides is 1. The predicted molar refractivity (Wildman–Crippen MR) is 110 cm³/mol. The lowest BCUT2D eigenvalue weighted by molar-refractivity contribution is -0.144. The lowest BCUT2D eigenvalue weighted by atomic mass is 10.1. The molecule has 2 aromatic heterocycles. The molecule has 1 fully saturated rings. The average Bonchev–Trinajstić information content (AvgIpc) is 3.40. The number of alkyl halides is 6. The van der Waals surface area contributed by atoms with Gasteiger partial charge in [-0.2, -0.15) is 31.3 Å². The molecule has 13 heteroatoms. The Morgan fingerprint density at radius 3 is 2.32 bits per heavy atom. The second kappa shape index (κ2) is 8.44. The van der Waals surface area contributed by atoms with E-state index in [0.29, 0.717) is 24.3 Å². The molecule has 182 valence electrons. The van der Waals surface area contributed by atoms with E-state index >= 15 is 0 Å². The molecule has 0 unspecified atom stereocenters. The number of anilines is 2. The van der Waals surface area contributed by atoms with E-state index in [0.717, 1.165) is 29.5 Å². The van der Waals surface area contributed by atoms with Gasteiger partial charge in [0.1, 0.15) is 0 Å². The summed E-state index contributed by atoms with van der Waals surface area (Å²) in [5.41, 5.74) is 0.398. The number of halogens is 6. The van der Waals surface area contributed by atoms with Gasteiger partial charge in [0, 0.05) is 30.0 Å². The van der Waals surface area contributed by atoms with Crippen molar-refractivity contribution in [2.24, 2.45) is 0 Å². The van der Waals surface area contributed by atoms with Crippen molar-refractivity contribution < 1.29 is 31.1 Å². The third-order valence-electron chi connectivity index (χ3n) is 5.68. The molecule has 0 aliphatic carbocycles. The maximum Gasteiger partial charge on any atom is 0.453 e. The maximum absolute atomic E-state index is 13.3. The molecule has 1 aromatic carbocycles. The Kier molecular flexibility index (Phi) is 5.90. The molecule has 7 nitrogen and oxygen atoms in total. The summed E-state index contributed by atoms with van der Waals surface area (Å²) in [5, 5.41) is 5.98. The summed E-state index contributed by atoms with van der Waals surface area (Å²) in [6, 6.07) is 3.19. The number of rotatable bonds is 4.